The molecule has 3 aliphatic rings. The molecule has 1 aromatic rings. The molecular weight excluding hydrogens is 288 g/mol. The smallest absolute Gasteiger partial charge is 0.223 e. The van der Waals surface area contributed by atoms with Gasteiger partial charge in [0.15, 0.2) is 0 Å². The molecule has 3 aliphatic heterocycles. The summed E-state index contributed by atoms with van der Waals surface area (Å²) >= 11 is 0. The maximum absolute atomic E-state index is 12.7. The number of amides is 1. The molecule has 1 atom stereocenters. The zero-order valence-corrected chi connectivity index (χ0v) is 13.7. The molecule has 0 unspecified atom stereocenters. The van der Waals surface area contributed by atoms with Crippen molar-refractivity contribution in [2.75, 3.05) is 26.2 Å². The summed E-state index contributed by atoms with van der Waals surface area (Å²) in [6, 6.07) is 8.32. The molecule has 0 bridgehead atoms. The molecule has 1 spiro atoms. The van der Waals surface area contributed by atoms with Gasteiger partial charge in [-0.05, 0) is 56.8 Å². The van der Waals surface area contributed by atoms with E-state index in [0.29, 0.717) is 18.2 Å². The average molecular weight is 314 g/mol. The topological polar surface area (TPSA) is 41.6 Å². The van der Waals surface area contributed by atoms with E-state index in [2.05, 4.69) is 23.5 Å². The van der Waals surface area contributed by atoms with Crippen molar-refractivity contribution in [3.8, 4) is 5.75 Å². The van der Waals surface area contributed by atoms with Crippen molar-refractivity contribution in [2.24, 2.45) is 0 Å². The fraction of sp³-hybridized carbons (Fsp3) is 0.632. The number of carbonyl (C=O) groups excluding carboxylic acids is 1. The fourth-order valence-electron chi connectivity index (χ4n) is 4.42. The van der Waals surface area contributed by atoms with E-state index < -0.39 is 0 Å². The highest BCUT2D eigenvalue weighted by Gasteiger charge is 2.42. The van der Waals surface area contributed by atoms with Crippen LogP contribution >= 0.6 is 0 Å². The number of nitrogens with zero attached hydrogens (tertiary/aromatic N) is 1. The van der Waals surface area contributed by atoms with Gasteiger partial charge in [-0.25, -0.2) is 0 Å². The van der Waals surface area contributed by atoms with E-state index in [9.17, 15) is 4.79 Å². The van der Waals surface area contributed by atoms with E-state index in [1.54, 1.807) is 0 Å². The number of likely N-dealkylation sites (tertiary alicyclic amines) is 1. The van der Waals surface area contributed by atoms with Crippen molar-refractivity contribution in [3.63, 3.8) is 0 Å². The molecule has 23 heavy (non-hydrogen) atoms. The van der Waals surface area contributed by atoms with Crippen LogP contribution in [-0.4, -0.2) is 42.6 Å². The lowest BCUT2D eigenvalue weighted by atomic mass is 9.76. The summed E-state index contributed by atoms with van der Waals surface area (Å²) < 4.78 is 6.43. The molecule has 2 fully saturated rings. The van der Waals surface area contributed by atoms with E-state index in [1.807, 2.05) is 11.0 Å². The molecule has 0 radical (unpaired) electrons. The summed E-state index contributed by atoms with van der Waals surface area (Å²) in [5, 5.41) is 3.43. The lowest BCUT2D eigenvalue weighted by molar-refractivity contribution is -0.131. The number of carbonyl (C=O) groups is 1. The number of hydrogen-bond acceptors (Lipinski definition) is 3. The Morgan fingerprint density at radius 2 is 1.96 bits per heavy atom. The van der Waals surface area contributed by atoms with Crippen molar-refractivity contribution < 1.29 is 9.53 Å². The Morgan fingerprint density at radius 1 is 1.22 bits per heavy atom. The molecule has 1 amide bonds. The van der Waals surface area contributed by atoms with Gasteiger partial charge < -0.3 is 15.0 Å². The lowest BCUT2D eigenvalue weighted by Crippen LogP contribution is -2.49. The molecule has 1 aromatic carbocycles. The summed E-state index contributed by atoms with van der Waals surface area (Å²) in [6.45, 7) is 3.90. The Kier molecular flexibility index (Phi) is 4.02. The quantitative estimate of drug-likeness (QED) is 0.912. The highest BCUT2D eigenvalue weighted by atomic mass is 16.5. The van der Waals surface area contributed by atoms with Crippen LogP contribution in [0.15, 0.2) is 24.3 Å². The van der Waals surface area contributed by atoms with Crippen molar-refractivity contribution in [1.29, 1.82) is 0 Å². The summed E-state index contributed by atoms with van der Waals surface area (Å²) in [5.74, 6) is 1.62. The highest BCUT2D eigenvalue weighted by Crippen LogP contribution is 2.46. The standard InChI is InChI=1S/C19H26N2O2/c22-18(21-11-3-4-12-21)13-15-14-19(7-9-20-10-8-19)23-17-6-2-1-5-16(15)17/h1-2,5-6,15,20H,3-4,7-14H2/t15-/m1/s1. The van der Waals surface area contributed by atoms with Crippen LogP contribution in [0.25, 0.3) is 0 Å². The van der Waals surface area contributed by atoms with Crippen molar-refractivity contribution in [1.82, 2.24) is 10.2 Å². The third-order valence-corrected chi connectivity index (χ3v) is 5.70. The van der Waals surface area contributed by atoms with Crippen LogP contribution in [0.5, 0.6) is 5.75 Å². The average Bonchev–Trinajstić information content (AvgIpc) is 3.10. The minimum atomic E-state index is -0.0738. The van der Waals surface area contributed by atoms with E-state index in [1.165, 1.54) is 5.56 Å². The number of fused-ring (bicyclic) bond motifs is 1. The van der Waals surface area contributed by atoms with Crippen LogP contribution < -0.4 is 10.1 Å². The van der Waals surface area contributed by atoms with Gasteiger partial charge in [0.1, 0.15) is 11.4 Å². The van der Waals surface area contributed by atoms with Crippen LogP contribution in [0, 0.1) is 0 Å². The Balaban J connectivity index is 1.57. The molecule has 4 rings (SSSR count). The van der Waals surface area contributed by atoms with Crippen molar-refractivity contribution >= 4 is 5.91 Å². The van der Waals surface area contributed by atoms with E-state index in [0.717, 1.165) is 64.0 Å². The van der Waals surface area contributed by atoms with Gasteiger partial charge in [-0.3, -0.25) is 4.79 Å². The Hall–Kier alpha value is -1.55. The van der Waals surface area contributed by atoms with E-state index in [4.69, 9.17) is 4.74 Å². The number of benzene rings is 1. The zero-order chi connectivity index (χ0) is 15.7. The molecule has 1 N–H and O–H groups in total. The third-order valence-electron chi connectivity index (χ3n) is 5.70. The molecule has 2 saturated heterocycles. The Bertz CT molecular complexity index is 574. The van der Waals surface area contributed by atoms with Crippen LogP contribution in [-0.2, 0) is 4.79 Å². The number of ether oxygens (including phenoxy) is 1. The summed E-state index contributed by atoms with van der Waals surface area (Å²) in [4.78, 5) is 14.7. The first-order chi connectivity index (χ1) is 11.3. The van der Waals surface area contributed by atoms with Gasteiger partial charge >= 0.3 is 0 Å². The van der Waals surface area contributed by atoms with Gasteiger partial charge in [0.2, 0.25) is 5.91 Å². The summed E-state index contributed by atoms with van der Waals surface area (Å²) in [5.41, 5.74) is 1.15. The SMILES string of the molecule is O=C(C[C@@H]1CC2(CCNCC2)Oc2ccccc21)N1CCCC1. The number of hydrogen-bond donors (Lipinski definition) is 1. The minimum Gasteiger partial charge on any atom is -0.487 e. The summed E-state index contributed by atoms with van der Waals surface area (Å²) in [7, 11) is 0. The number of nitrogens with one attached hydrogen (secondary N) is 1. The number of piperidine rings is 1. The normalized spacial score (nSPS) is 25.9. The largest absolute Gasteiger partial charge is 0.487 e. The second-order valence-electron chi connectivity index (χ2n) is 7.27. The van der Waals surface area contributed by atoms with Crippen molar-refractivity contribution in [2.45, 2.75) is 50.0 Å². The first-order valence-electron chi connectivity index (χ1n) is 9.02. The lowest BCUT2D eigenvalue weighted by Gasteiger charge is -2.44. The highest BCUT2D eigenvalue weighted by molar-refractivity contribution is 5.77. The predicted octanol–water partition coefficient (Wildman–Crippen LogP) is 2.69. The van der Waals surface area contributed by atoms with Crippen LogP contribution in [0.1, 0.15) is 50.0 Å². The molecule has 4 heteroatoms. The maximum Gasteiger partial charge on any atom is 0.223 e. The molecule has 0 aliphatic carbocycles. The van der Waals surface area contributed by atoms with Gasteiger partial charge in [0.25, 0.3) is 0 Å². The van der Waals surface area contributed by atoms with Gasteiger partial charge in [-0.2, -0.15) is 0 Å². The molecular formula is C19H26N2O2. The van der Waals surface area contributed by atoms with Gasteiger partial charge in [-0.15, -0.1) is 0 Å². The van der Waals surface area contributed by atoms with Crippen molar-refractivity contribution in [3.05, 3.63) is 29.8 Å². The molecule has 0 aromatic heterocycles. The van der Waals surface area contributed by atoms with Crippen LogP contribution in [0.3, 0.4) is 0 Å². The van der Waals surface area contributed by atoms with Crippen LogP contribution in [0.4, 0.5) is 0 Å². The molecule has 4 nitrogen and oxygen atoms in total. The summed E-state index contributed by atoms with van der Waals surface area (Å²) in [6.07, 6.45) is 6.00. The van der Waals surface area contributed by atoms with E-state index >= 15 is 0 Å². The third kappa shape index (κ3) is 2.97. The molecule has 3 heterocycles. The predicted molar refractivity (Wildman–Crippen MR) is 89.7 cm³/mol. The Morgan fingerprint density at radius 3 is 2.74 bits per heavy atom. The second kappa shape index (κ2) is 6.16. The zero-order valence-electron chi connectivity index (χ0n) is 13.7. The van der Waals surface area contributed by atoms with Crippen LogP contribution in [0.2, 0.25) is 0 Å². The van der Waals surface area contributed by atoms with E-state index in [-0.39, 0.29) is 5.60 Å². The molecule has 124 valence electrons. The second-order valence-corrected chi connectivity index (χ2v) is 7.27. The number of rotatable bonds is 2. The first kappa shape index (κ1) is 15.0. The fourth-order valence-corrected chi connectivity index (χ4v) is 4.42. The first-order valence-corrected chi connectivity index (χ1v) is 9.02. The van der Waals surface area contributed by atoms with Gasteiger partial charge in [-0.1, -0.05) is 18.2 Å². The maximum atomic E-state index is 12.7. The minimum absolute atomic E-state index is 0.0738. The monoisotopic (exact) mass is 314 g/mol. The molecule has 0 saturated carbocycles. The Labute approximate surface area is 138 Å². The van der Waals surface area contributed by atoms with Gasteiger partial charge in [0.05, 0.1) is 0 Å². The number of para-hydroxylation sites is 1. The van der Waals surface area contributed by atoms with Gasteiger partial charge in [0, 0.05) is 25.4 Å².